The van der Waals surface area contributed by atoms with Gasteiger partial charge in [0.1, 0.15) is 11.5 Å². The molecule has 0 unspecified atom stereocenters. The molecule has 0 radical (unpaired) electrons. The minimum absolute atomic E-state index is 0.362. The first kappa shape index (κ1) is 14.7. The van der Waals surface area contributed by atoms with E-state index >= 15 is 0 Å². The summed E-state index contributed by atoms with van der Waals surface area (Å²) in [6, 6.07) is 10.3. The Morgan fingerprint density at radius 1 is 1.00 bits per heavy atom. The van der Waals surface area contributed by atoms with E-state index in [-0.39, 0.29) is 6.03 Å². The van der Waals surface area contributed by atoms with E-state index in [9.17, 15) is 4.79 Å². The van der Waals surface area contributed by atoms with E-state index in [1.807, 2.05) is 18.2 Å². The number of amides is 2. The van der Waals surface area contributed by atoms with Crippen LogP contribution in [0.5, 0.6) is 11.5 Å². The van der Waals surface area contributed by atoms with E-state index < -0.39 is 0 Å². The van der Waals surface area contributed by atoms with Gasteiger partial charge in [0.05, 0.1) is 25.9 Å². The third-order valence-corrected chi connectivity index (χ3v) is 3.31. The van der Waals surface area contributed by atoms with E-state index in [0.717, 1.165) is 10.9 Å². The first-order valence-corrected chi connectivity index (χ1v) is 6.92. The fraction of sp³-hybridized carbons (Fsp3) is 0.125. The number of aromatic nitrogens is 2. The maximum atomic E-state index is 12.1. The largest absolute Gasteiger partial charge is 0.497 e. The number of rotatable bonds is 4. The van der Waals surface area contributed by atoms with Gasteiger partial charge in [0.15, 0.2) is 0 Å². The molecular formula is C16H16N4O3. The monoisotopic (exact) mass is 312 g/mol. The first-order chi connectivity index (χ1) is 11.2. The zero-order valence-corrected chi connectivity index (χ0v) is 12.7. The second kappa shape index (κ2) is 6.27. The van der Waals surface area contributed by atoms with Crippen LogP contribution in [0.1, 0.15) is 0 Å². The Morgan fingerprint density at radius 2 is 1.70 bits per heavy atom. The van der Waals surface area contributed by atoms with Crippen molar-refractivity contribution in [3.05, 3.63) is 42.6 Å². The lowest BCUT2D eigenvalue weighted by Gasteiger charge is -2.11. The second-order valence-electron chi connectivity index (χ2n) is 4.85. The predicted octanol–water partition coefficient (Wildman–Crippen LogP) is 3.22. The number of hydrogen-bond donors (Lipinski definition) is 3. The number of carbonyl (C=O) groups excluding carboxylic acids is 1. The van der Waals surface area contributed by atoms with Gasteiger partial charge < -0.3 is 20.1 Å². The molecule has 7 heteroatoms. The van der Waals surface area contributed by atoms with Gasteiger partial charge in [-0.2, -0.15) is 5.10 Å². The van der Waals surface area contributed by atoms with E-state index in [1.165, 1.54) is 0 Å². The average molecular weight is 312 g/mol. The van der Waals surface area contributed by atoms with Crippen LogP contribution in [0.2, 0.25) is 0 Å². The van der Waals surface area contributed by atoms with E-state index in [1.54, 1.807) is 38.6 Å². The molecule has 0 fully saturated rings. The molecule has 23 heavy (non-hydrogen) atoms. The van der Waals surface area contributed by atoms with Crippen molar-refractivity contribution in [2.45, 2.75) is 0 Å². The fourth-order valence-electron chi connectivity index (χ4n) is 2.19. The molecule has 118 valence electrons. The highest BCUT2D eigenvalue weighted by molar-refractivity contribution is 6.01. The predicted molar refractivity (Wildman–Crippen MR) is 88.3 cm³/mol. The molecule has 0 atom stereocenters. The number of fused-ring (bicyclic) bond motifs is 1. The third-order valence-electron chi connectivity index (χ3n) is 3.31. The molecule has 0 bridgehead atoms. The molecule has 0 saturated carbocycles. The van der Waals surface area contributed by atoms with Gasteiger partial charge in [-0.1, -0.05) is 0 Å². The van der Waals surface area contributed by atoms with Crippen molar-refractivity contribution in [2.75, 3.05) is 24.9 Å². The fourth-order valence-corrected chi connectivity index (χ4v) is 2.19. The van der Waals surface area contributed by atoms with Gasteiger partial charge in [-0.25, -0.2) is 4.79 Å². The molecule has 0 spiro atoms. The van der Waals surface area contributed by atoms with Crippen LogP contribution in [0, 0.1) is 0 Å². The highest BCUT2D eigenvalue weighted by Gasteiger charge is 2.07. The number of anilines is 2. The summed E-state index contributed by atoms with van der Waals surface area (Å²) in [5, 5.41) is 13.3. The van der Waals surface area contributed by atoms with Crippen molar-refractivity contribution in [1.29, 1.82) is 0 Å². The average Bonchev–Trinajstić information content (AvgIpc) is 3.01. The van der Waals surface area contributed by atoms with Crippen molar-refractivity contribution in [2.24, 2.45) is 0 Å². The minimum atomic E-state index is -0.362. The number of nitrogens with one attached hydrogen (secondary N) is 3. The Hall–Kier alpha value is -3.22. The molecule has 0 saturated heterocycles. The Bertz CT molecular complexity index is 822. The zero-order valence-electron chi connectivity index (χ0n) is 12.7. The molecule has 0 aliphatic carbocycles. The molecule has 3 rings (SSSR count). The van der Waals surface area contributed by atoms with Gasteiger partial charge in [0.2, 0.25) is 0 Å². The highest BCUT2D eigenvalue weighted by atomic mass is 16.5. The maximum absolute atomic E-state index is 12.1. The number of aromatic amines is 1. The van der Waals surface area contributed by atoms with Gasteiger partial charge in [0, 0.05) is 35.0 Å². The lowest BCUT2D eigenvalue weighted by atomic mass is 10.2. The summed E-state index contributed by atoms with van der Waals surface area (Å²) < 4.78 is 10.3. The quantitative estimate of drug-likeness (QED) is 0.690. The highest BCUT2D eigenvalue weighted by Crippen LogP contribution is 2.26. The van der Waals surface area contributed by atoms with Crippen LogP contribution in [0.3, 0.4) is 0 Å². The third kappa shape index (κ3) is 3.34. The zero-order chi connectivity index (χ0) is 16.2. The number of ether oxygens (including phenoxy) is 2. The summed E-state index contributed by atoms with van der Waals surface area (Å²) in [5.41, 5.74) is 2.08. The Balaban J connectivity index is 1.73. The van der Waals surface area contributed by atoms with Crippen molar-refractivity contribution in [1.82, 2.24) is 10.2 Å². The van der Waals surface area contributed by atoms with Crippen LogP contribution in [0.15, 0.2) is 42.6 Å². The number of methoxy groups -OCH3 is 2. The SMILES string of the molecule is COc1cc(NC(=O)Nc2ccc3cn[nH]c3c2)cc(OC)c1. The molecule has 2 aromatic carbocycles. The standard InChI is InChI=1S/C16H16N4O3/c1-22-13-5-12(6-14(8-13)23-2)19-16(21)18-11-4-3-10-9-17-20-15(10)7-11/h3-9H,1-2H3,(H,17,20)(H2,18,19,21). The molecule has 3 N–H and O–H groups in total. The lowest BCUT2D eigenvalue weighted by molar-refractivity contribution is 0.262. The summed E-state index contributed by atoms with van der Waals surface area (Å²) in [6.07, 6.45) is 1.72. The molecule has 0 aliphatic heterocycles. The summed E-state index contributed by atoms with van der Waals surface area (Å²) in [7, 11) is 3.11. The topological polar surface area (TPSA) is 88.3 Å². The molecular weight excluding hydrogens is 296 g/mol. The Morgan fingerprint density at radius 3 is 2.39 bits per heavy atom. The van der Waals surface area contributed by atoms with E-state index in [0.29, 0.717) is 22.9 Å². The molecule has 1 aromatic heterocycles. The smallest absolute Gasteiger partial charge is 0.323 e. The minimum Gasteiger partial charge on any atom is -0.497 e. The molecule has 3 aromatic rings. The van der Waals surface area contributed by atoms with E-state index in [2.05, 4.69) is 20.8 Å². The lowest BCUT2D eigenvalue weighted by Crippen LogP contribution is -2.19. The number of carbonyl (C=O) groups is 1. The summed E-state index contributed by atoms with van der Waals surface area (Å²) >= 11 is 0. The number of benzene rings is 2. The van der Waals surface area contributed by atoms with Gasteiger partial charge in [-0.05, 0) is 18.2 Å². The first-order valence-electron chi connectivity index (χ1n) is 6.92. The number of nitrogens with zero attached hydrogens (tertiary/aromatic N) is 1. The van der Waals surface area contributed by atoms with Crippen LogP contribution >= 0.6 is 0 Å². The van der Waals surface area contributed by atoms with Crippen molar-refractivity contribution >= 4 is 28.3 Å². The van der Waals surface area contributed by atoms with Crippen LogP contribution in [-0.4, -0.2) is 30.4 Å². The van der Waals surface area contributed by atoms with Crippen LogP contribution in [-0.2, 0) is 0 Å². The van der Waals surface area contributed by atoms with Crippen molar-refractivity contribution in [3.63, 3.8) is 0 Å². The summed E-state index contributed by atoms with van der Waals surface area (Å²) in [6.45, 7) is 0. The van der Waals surface area contributed by atoms with E-state index in [4.69, 9.17) is 9.47 Å². The van der Waals surface area contributed by atoms with Crippen molar-refractivity contribution < 1.29 is 14.3 Å². The normalized spacial score (nSPS) is 10.3. The Kier molecular flexibility index (Phi) is 4.01. The molecule has 7 nitrogen and oxygen atoms in total. The number of urea groups is 1. The van der Waals surface area contributed by atoms with Crippen LogP contribution in [0.4, 0.5) is 16.2 Å². The van der Waals surface area contributed by atoms with Gasteiger partial charge >= 0.3 is 6.03 Å². The number of hydrogen-bond acceptors (Lipinski definition) is 4. The van der Waals surface area contributed by atoms with Crippen molar-refractivity contribution in [3.8, 4) is 11.5 Å². The molecule has 2 amide bonds. The summed E-state index contributed by atoms with van der Waals surface area (Å²) in [5.74, 6) is 1.19. The van der Waals surface area contributed by atoms with Crippen LogP contribution < -0.4 is 20.1 Å². The molecule has 1 heterocycles. The van der Waals surface area contributed by atoms with Gasteiger partial charge in [-0.15, -0.1) is 0 Å². The van der Waals surface area contributed by atoms with Crippen LogP contribution in [0.25, 0.3) is 10.9 Å². The molecule has 0 aliphatic rings. The van der Waals surface area contributed by atoms with Gasteiger partial charge in [-0.3, -0.25) is 5.10 Å². The van der Waals surface area contributed by atoms with Gasteiger partial charge in [0.25, 0.3) is 0 Å². The second-order valence-corrected chi connectivity index (χ2v) is 4.85. The maximum Gasteiger partial charge on any atom is 0.323 e. The summed E-state index contributed by atoms with van der Waals surface area (Å²) in [4.78, 5) is 12.1. The Labute approximate surface area is 132 Å². The number of H-pyrrole nitrogens is 1.